The summed E-state index contributed by atoms with van der Waals surface area (Å²) in [6.45, 7) is -0.0943. The Kier molecular flexibility index (Phi) is 5.32. The van der Waals surface area contributed by atoms with Crippen LogP contribution in [-0.2, 0) is 17.5 Å². The van der Waals surface area contributed by atoms with E-state index in [0.717, 1.165) is 30.2 Å². The van der Waals surface area contributed by atoms with Crippen molar-refractivity contribution in [2.45, 2.75) is 44.4 Å². The number of nitrogens with one attached hydrogen (secondary N) is 1. The number of ether oxygens (including phenoxy) is 1. The third-order valence-electron chi connectivity index (χ3n) is 5.98. The molecule has 0 amide bonds. The average Bonchev–Trinajstić information content (AvgIpc) is 3.53. The fraction of sp³-hybridized carbons (Fsp3) is 0.348. The van der Waals surface area contributed by atoms with Crippen molar-refractivity contribution < 1.29 is 22.3 Å². The van der Waals surface area contributed by atoms with Crippen molar-refractivity contribution in [1.29, 1.82) is 0 Å². The summed E-state index contributed by atoms with van der Waals surface area (Å²) in [7, 11) is 1.42. The van der Waals surface area contributed by atoms with E-state index in [-0.39, 0.29) is 46.4 Å². The van der Waals surface area contributed by atoms with Crippen molar-refractivity contribution in [2.75, 3.05) is 7.11 Å². The Hall–Kier alpha value is -3.40. The molecule has 0 saturated heterocycles. The number of nitrogens with zero attached hydrogens (tertiary/aromatic N) is 3. The van der Waals surface area contributed by atoms with Crippen molar-refractivity contribution >= 4 is 5.65 Å². The van der Waals surface area contributed by atoms with Crippen LogP contribution in [0.1, 0.15) is 48.7 Å². The Morgan fingerprint density at radius 2 is 1.91 bits per heavy atom. The van der Waals surface area contributed by atoms with Crippen molar-refractivity contribution in [1.82, 2.24) is 19.6 Å². The number of rotatable bonds is 5. The standard InChI is InChI=1S/C23H21F3N4O3/c1-32-12-15-18(21-27-11-16(33-21)13-7-5-6-8-13)22(31)30-20(28-15)17(14-9-3-2-4-10-14)19(29-30)23(24,25)26/h2-4,9-11,13,29H,5-8,12H2,1H3. The lowest BCUT2D eigenvalue weighted by Gasteiger charge is -2.08. The number of halogens is 3. The zero-order valence-corrected chi connectivity index (χ0v) is 17.8. The molecule has 1 N–H and O–H groups in total. The topological polar surface area (TPSA) is 85.4 Å². The summed E-state index contributed by atoms with van der Waals surface area (Å²) in [5, 5.41) is 2.22. The maximum atomic E-state index is 13.9. The molecule has 172 valence electrons. The van der Waals surface area contributed by atoms with Gasteiger partial charge in [0.15, 0.2) is 5.65 Å². The molecule has 1 fully saturated rings. The zero-order valence-electron chi connectivity index (χ0n) is 17.8. The first kappa shape index (κ1) is 21.4. The second-order valence-electron chi connectivity index (χ2n) is 8.11. The van der Waals surface area contributed by atoms with Gasteiger partial charge in [-0.25, -0.2) is 9.97 Å². The minimum atomic E-state index is -4.73. The van der Waals surface area contributed by atoms with Crippen LogP contribution < -0.4 is 5.56 Å². The molecule has 1 aliphatic carbocycles. The van der Waals surface area contributed by atoms with Gasteiger partial charge in [0.1, 0.15) is 17.0 Å². The van der Waals surface area contributed by atoms with Gasteiger partial charge >= 0.3 is 6.18 Å². The summed E-state index contributed by atoms with van der Waals surface area (Å²) in [6, 6.07) is 8.02. The van der Waals surface area contributed by atoms with Gasteiger partial charge in [-0.3, -0.25) is 9.89 Å². The number of hydrogen-bond acceptors (Lipinski definition) is 5. The minimum Gasteiger partial charge on any atom is -0.441 e. The number of H-pyrrole nitrogens is 1. The van der Waals surface area contributed by atoms with Crippen LogP contribution in [0.5, 0.6) is 0 Å². The second-order valence-corrected chi connectivity index (χ2v) is 8.11. The Balaban J connectivity index is 1.76. The van der Waals surface area contributed by atoms with Crippen LogP contribution in [0.2, 0.25) is 0 Å². The quantitative estimate of drug-likeness (QED) is 0.446. The summed E-state index contributed by atoms with van der Waals surface area (Å²) in [5.41, 5.74) is -1.72. The summed E-state index contributed by atoms with van der Waals surface area (Å²) in [5.74, 6) is 0.923. The van der Waals surface area contributed by atoms with Gasteiger partial charge in [0.25, 0.3) is 5.56 Å². The van der Waals surface area contributed by atoms with E-state index >= 15 is 0 Å². The van der Waals surface area contributed by atoms with Gasteiger partial charge in [-0.05, 0) is 18.4 Å². The van der Waals surface area contributed by atoms with E-state index in [1.54, 1.807) is 24.4 Å². The highest BCUT2D eigenvalue weighted by atomic mass is 19.4. The molecule has 0 bridgehead atoms. The number of methoxy groups -OCH3 is 1. The highest BCUT2D eigenvalue weighted by Crippen LogP contribution is 2.39. The highest BCUT2D eigenvalue weighted by molar-refractivity contribution is 5.81. The second kappa shape index (κ2) is 8.18. The van der Waals surface area contributed by atoms with E-state index < -0.39 is 17.4 Å². The van der Waals surface area contributed by atoms with Gasteiger partial charge in [-0.1, -0.05) is 43.2 Å². The van der Waals surface area contributed by atoms with E-state index in [1.165, 1.54) is 19.2 Å². The van der Waals surface area contributed by atoms with E-state index in [9.17, 15) is 18.0 Å². The molecule has 1 aromatic carbocycles. The summed E-state index contributed by atoms with van der Waals surface area (Å²) in [6.07, 6.45) is 0.990. The number of aromatic amines is 1. The molecule has 3 aromatic heterocycles. The lowest BCUT2D eigenvalue weighted by molar-refractivity contribution is -0.140. The van der Waals surface area contributed by atoms with E-state index in [2.05, 4.69) is 15.1 Å². The van der Waals surface area contributed by atoms with Crippen molar-refractivity contribution in [2.24, 2.45) is 0 Å². The molecule has 1 saturated carbocycles. The van der Waals surface area contributed by atoms with Crippen molar-refractivity contribution in [3.63, 3.8) is 0 Å². The van der Waals surface area contributed by atoms with Crippen LogP contribution in [0.15, 0.2) is 45.7 Å². The predicted octanol–water partition coefficient (Wildman–Crippen LogP) is 5.17. The number of benzene rings is 1. The van der Waals surface area contributed by atoms with Crippen molar-refractivity contribution in [3.05, 3.63) is 64.0 Å². The predicted molar refractivity (Wildman–Crippen MR) is 114 cm³/mol. The molecular weight excluding hydrogens is 437 g/mol. The first-order chi connectivity index (χ1) is 15.9. The first-order valence-corrected chi connectivity index (χ1v) is 10.6. The van der Waals surface area contributed by atoms with Crippen LogP contribution >= 0.6 is 0 Å². The molecule has 3 heterocycles. The fourth-order valence-corrected chi connectivity index (χ4v) is 4.46. The van der Waals surface area contributed by atoms with Crippen LogP contribution in [0.4, 0.5) is 13.2 Å². The molecule has 5 rings (SSSR count). The SMILES string of the molecule is COCc1nc2c(-c3ccccc3)c(C(F)(F)F)[nH]n2c(=O)c1-c1ncc(C2CCCC2)o1. The number of fused-ring (bicyclic) bond motifs is 1. The lowest BCUT2D eigenvalue weighted by Crippen LogP contribution is -2.21. The first-order valence-electron chi connectivity index (χ1n) is 10.6. The number of oxazole rings is 1. The van der Waals surface area contributed by atoms with Crippen LogP contribution in [0.3, 0.4) is 0 Å². The van der Waals surface area contributed by atoms with Gasteiger partial charge < -0.3 is 9.15 Å². The summed E-state index contributed by atoms with van der Waals surface area (Å²) >= 11 is 0. The Morgan fingerprint density at radius 1 is 1.18 bits per heavy atom. The molecule has 0 spiro atoms. The van der Waals surface area contributed by atoms with Crippen molar-refractivity contribution in [3.8, 4) is 22.6 Å². The Labute approximate surface area is 186 Å². The van der Waals surface area contributed by atoms with Gasteiger partial charge in [0, 0.05) is 13.0 Å². The number of hydrogen-bond donors (Lipinski definition) is 1. The molecule has 33 heavy (non-hydrogen) atoms. The van der Waals surface area contributed by atoms with E-state index in [4.69, 9.17) is 9.15 Å². The summed E-state index contributed by atoms with van der Waals surface area (Å²) < 4.78 is 53.7. The normalized spacial score (nSPS) is 15.0. The number of aromatic nitrogens is 4. The van der Waals surface area contributed by atoms with E-state index in [0.29, 0.717) is 5.76 Å². The monoisotopic (exact) mass is 458 g/mol. The van der Waals surface area contributed by atoms with Gasteiger partial charge in [0.2, 0.25) is 5.89 Å². The maximum absolute atomic E-state index is 13.9. The number of alkyl halides is 3. The Bertz CT molecular complexity index is 1350. The molecular formula is C23H21F3N4O3. The van der Waals surface area contributed by atoms with Crippen LogP contribution in [0, 0.1) is 0 Å². The average molecular weight is 458 g/mol. The smallest absolute Gasteiger partial charge is 0.433 e. The van der Waals surface area contributed by atoms with Gasteiger partial charge in [-0.15, -0.1) is 0 Å². The Morgan fingerprint density at radius 3 is 2.58 bits per heavy atom. The van der Waals surface area contributed by atoms with Crippen LogP contribution in [-0.4, -0.2) is 26.7 Å². The molecule has 0 radical (unpaired) electrons. The lowest BCUT2D eigenvalue weighted by atomic mass is 10.1. The molecule has 0 aliphatic heterocycles. The molecule has 0 unspecified atom stereocenters. The minimum absolute atomic E-state index is 0.0202. The summed E-state index contributed by atoms with van der Waals surface area (Å²) in [4.78, 5) is 22.1. The highest BCUT2D eigenvalue weighted by Gasteiger charge is 2.39. The molecule has 4 aromatic rings. The maximum Gasteiger partial charge on any atom is 0.433 e. The molecule has 0 atom stereocenters. The molecule has 10 heteroatoms. The van der Waals surface area contributed by atoms with E-state index in [1.807, 2.05) is 0 Å². The van der Waals surface area contributed by atoms with Gasteiger partial charge in [0.05, 0.1) is 24.1 Å². The van der Waals surface area contributed by atoms with Crippen LogP contribution in [0.25, 0.3) is 28.2 Å². The van der Waals surface area contributed by atoms with Gasteiger partial charge in [-0.2, -0.15) is 17.7 Å². The zero-order chi connectivity index (χ0) is 23.2. The molecule has 7 nitrogen and oxygen atoms in total. The molecule has 1 aliphatic rings. The third-order valence-corrected chi connectivity index (χ3v) is 5.98. The largest absolute Gasteiger partial charge is 0.441 e. The fourth-order valence-electron chi connectivity index (χ4n) is 4.46. The third kappa shape index (κ3) is 3.74.